The average molecular weight is 265 g/mol. The van der Waals surface area contributed by atoms with Crippen molar-refractivity contribution < 1.29 is 4.74 Å². The van der Waals surface area contributed by atoms with Crippen molar-refractivity contribution in [3.05, 3.63) is 29.3 Å². The highest BCUT2D eigenvalue weighted by atomic mass is 32.2. The Labute approximate surface area is 114 Å². The summed E-state index contributed by atoms with van der Waals surface area (Å²) in [6, 6.07) is 7.31. The van der Waals surface area contributed by atoms with Crippen molar-refractivity contribution in [3.63, 3.8) is 0 Å². The summed E-state index contributed by atoms with van der Waals surface area (Å²) >= 11 is 1.95. The average Bonchev–Trinajstić information content (AvgIpc) is 2.37. The molecule has 1 fully saturated rings. The summed E-state index contributed by atoms with van der Waals surface area (Å²) in [5, 5.41) is 4.11. The topological polar surface area (TPSA) is 21.3 Å². The van der Waals surface area contributed by atoms with Gasteiger partial charge < -0.3 is 10.1 Å². The second-order valence-electron chi connectivity index (χ2n) is 4.93. The van der Waals surface area contributed by atoms with Gasteiger partial charge in [0.1, 0.15) is 0 Å². The summed E-state index contributed by atoms with van der Waals surface area (Å²) in [6.45, 7) is 9.30. The summed E-state index contributed by atoms with van der Waals surface area (Å²) in [7, 11) is 0. The van der Waals surface area contributed by atoms with Crippen LogP contribution in [0.5, 0.6) is 0 Å². The van der Waals surface area contributed by atoms with E-state index in [1.165, 1.54) is 16.0 Å². The Morgan fingerprint density at radius 1 is 1.33 bits per heavy atom. The molecule has 1 aliphatic heterocycles. The minimum absolute atomic E-state index is 0.529. The lowest BCUT2D eigenvalue weighted by Gasteiger charge is -2.31. The maximum Gasteiger partial charge on any atom is 0.0603 e. The van der Waals surface area contributed by atoms with E-state index in [9.17, 15) is 0 Å². The number of aryl methyl sites for hydroxylation is 2. The van der Waals surface area contributed by atoms with E-state index in [1.54, 1.807) is 0 Å². The lowest BCUT2D eigenvalue weighted by atomic mass is 10.1. The zero-order valence-electron chi connectivity index (χ0n) is 11.5. The number of benzene rings is 1. The molecule has 0 aromatic heterocycles. The Balaban J connectivity index is 2.03. The number of hydrogen-bond acceptors (Lipinski definition) is 3. The smallest absolute Gasteiger partial charge is 0.0603 e. The van der Waals surface area contributed by atoms with Gasteiger partial charge in [0, 0.05) is 22.8 Å². The Hall–Kier alpha value is -0.510. The molecule has 0 amide bonds. The number of rotatable bonds is 4. The third kappa shape index (κ3) is 3.50. The van der Waals surface area contributed by atoms with E-state index >= 15 is 0 Å². The number of nitrogens with one attached hydrogen (secondary N) is 1. The molecule has 1 heterocycles. The first kappa shape index (κ1) is 13.9. The van der Waals surface area contributed by atoms with Crippen LogP contribution in [-0.4, -0.2) is 31.1 Å². The van der Waals surface area contributed by atoms with Crippen LogP contribution in [0.15, 0.2) is 23.1 Å². The van der Waals surface area contributed by atoms with Gasteiger partial charge in [-0.2, -0.15) is 0 Å². The first-order valence-electron chi connectivity index (χ1n) is 6.75. The second-order valence-corrected chi connectivity index (χ2v) is 6.24. The van der Waals surface area contributed by atoms with E-state index in [0.29, 0.717) is 11.3 Å². The lowest BCUT2D eigenvalue weighted by molar-refractivity contribution is 0.0837. The SMILES string of the molecule is CCNC1CCOCC1Sc1ccc(C)c(C)c1. The number of ether oxygens (including phenoxy) is 1. The van der Waals surface area contributed by atoms with Gasteiger partial charge in [-0.1, -0.05) is 13.0 Å². The fourth-order valence-electron chi connectivity index (χ4n) is 2.29. The molecule has 0 bridgehead atoms. The summed E-state index contributed by atoms with van der Waals surface area (Å²) in [6.07, 6.45) is 1.12. The molecule has 1 aromatic carbocycles. The number of hydrogen-bond donors (Lipinski definition) is 1. The highest BCUT2D eigenvalue weighted by Crippen LogP contribution is 2.30. The Morgan fingerprint density at radius 3 is 2.89 bits per heavy atom. The molecular formula is C15H23NOS. The summed E-state index contributed by atoms with van der Waals surface area (Å²) in [4.78, 5) is 1.36. The van der Waals surface area contributed by atoms with Crippen LogP contribution in [0.4, 0.5) is 0 Å². The van der Waals surface area contributed by atoms with Crippen molar-refractivity contribution in [2.75, 3.05) is 19.8 Å². The molecule has 1 N–H and O–H groups in total. The second kappa shape index (κ2) is 6.60. The molecule has 1 aromatic rings. The normalized spacial score (nSPS) is 24.2. The van der Waals surface area contributed by atoms with E-state index in [2.05, 4.69) is 44.3 Å². The fraction of sp³-hybridized carbons (Fsp3) is 0.600. The molecule has 0 spiro atoms. The van der Waals surface area contributed by atoms with Crippen molar-refractivity contribution in [1.82, 2.24) is 5.32 Å². The van der Waals surface area contributed by atoms with Crippen LogP contribution in [0.3, 0.4) is 0 Å². The number of thioether (sulfide) groups is 1. The summed E-state index contributed by atoms with van der Waals surface area (Å²) in [5.74, 6) is 0. The van der Waals surface area contributed by atoms with Crippen molar-refractivity contribution in [2.24, 2.45) is 0 Å². The molecule has 1 aliphatic rings. The van der Waals surface area contributed by atoms with Gasteiger partial charge in [-0.05, 0) is 50.1 Å². The van der Waals surface area contributed by atoms with Gasteiger partial charge in [0.15, 0.2) is 0 Å². The molecule has 2 unspecified atom stereocenters. The Bertz CT molecular complexity index is 392. The minimum atomic E-state index is 0.529. The fourth-order valence-corrected chi connectivity index (χ4v) is 3.59. The van der Waals surface area contributed by atoms with Crippen LogP contribution < -0.4 is 5.32 Å². The van der Waals surface area contributed by atoms with Gasteiger partial charge in [-0.3, -0.25) is 0 Å². The van der Waals surface area contributed by atoms with E-state index in [-0.39, 0.29) is 0 Å². The van der Waals surface area contributed by atoms with Crippen LogP contribution in [0.2, 0.25) is 0 Å². The first-order chi connectivity index (χ1) is 8.70. The standard InChI is InChI=1S/C15H23NOS/c1-4-16-14-7-8-17-10-15(14)18-13-6-5-11(2)12(3)9-13/h5-6,9,14-16H,4,7-8,10H2,1-3H3. The van der Waals surface area contributed by atoms with Crippen molar-refractivity contribution in [1.29, 1.82) is 0 Å². The Morgan fingerprint density at radius 2 is 2.17 bits per heavy atom. The molecule has 0 saturated carbocycles. The maximum absolute atomic E-state index is 5.62. The highest BCUT2D eigenvalue weighted by molar-refractivity contribution is 8.00. The monoisotopic (exact) mass is 265 g/mol. The quantitative estimate of drug-likeness (QED) is 0.903. The van der Waals surface area contributed by atoms with Gasteiger partial charge in [0.25, 0.3) is 0 Å². The van der Waals surface area contributed by atoms with E-state index in [4.69, 9.17) is 4.74 Å². The van der Waals surface area contributed by atoms with Crippen LogP contribution in [0.1, 0.15) is 24.5 Å². The lowest BCUT2D eigenvalue weighted by Crippen LogP contribution is -2.44. The van der Waals surface area contributed by atoms with E-state index < -0.39 is 0 Å². The predicted octanol–water partition coefficient (Wildman–Crippen LogP) is 3.16. The van der Waals surface area contributed by atoms with Crippen LogP contribution in [-0.2, 0) is 4.74 Å². The third-order valence-electron chi connectivity index (χ3n) is 3.54. The van der Waals surface area contributed by atoms with Gasteiger partial charge in [-0.25, -0.2) is 0 Å². The first-order valence-corrected chi connectivity index (χ1v) is 7.63. The Kier molecular flexibility index (Phi) is 5.10. The zero-order chi connectivity index (χ0) is 13.0. The highest BCUT2D eigenvalue weighted by Gasteiger charge is 2.25. The van der Waals surface area contributed by atoms with Crippen molar-refractivity contribution >= 4 is 11.8 Å². The minimum Gasteiger partial charge on any atom is -0.380 e. The molecule has 2 nitrogen and oxygen atoms in total. The largest absolute Gasteiger partial charge is 0.380 e. The van der Waals surface area contributed by atoms with Crippen LogP contribution in [0, 0.1) is 13.8 Å². The molecule has 100 valence electrons. The summed E-state index contributed by atoms with van der Waals surface area (Å²) in [5.41, 5.74) is 2.74. The zero-order valence-corrected chi connectivity index (χ0v) is 12.3. The molecule has 0 aliphatic carbocycles. The van der Waals surface area contributed by atoms with Gasteiger partial charge >= 0.3 is 0 Å². The molecule has 18 heavy (non-hydrogen) atoms. The van der Waals surface area contributed by atoms with Crippen molar-refractivity contribution in [3.8, 4) is 0 Å². The molecule has 3 heteroatoms. The summed E-state index contributed by atoms with van der Waals surface area (Å²) < 4.78 is 5.62. The van der Waals surface area contributed by atoms with Gasteiger partial charge in [0.2, 0.25) is 0 Å². The third-order valence-corrected chi connectivity index (χ3v) is 4.83. The predicted molar refractivity (Wildman–Crippen MR) is 78.5 cm³/mol. The van der Waals surface area contributed by atoms with Gasteiger partial charge in [-0.15, -0.1) is 11.8 Å². The molecule has 2 rings (SSSR count). The molecule has 0 radical (unpaired) electrons. The van der Waals surface area contributed by atoms with Crippen LogP contribution >= 0.6 is 11.8 Å². The van der Waals surface area contributed by atoms with Gasteiger partial charge in [0.05, 0.1) is 6.61 Å². The van der Waals surface area contributed by atoms with E-state index in [1.807, 2.05) is 11.8 Å². The van der Waals surface area contributed by atoms with E-state index in [0.717, 1.165) is 26.2 Å². The maximum atomic E-state index is 5.62. The molecule has 1 saturated heterocycles. The van der Waals surface area contributed by atoms with Crippen molar-refractivity contribution in [2.45, 2.75) is 43.4 Å². The molecule has 2 atom stereocenters. The van der Waals surface area contributed by atoms with Crippen LogP contribution in [0.25, 0.3) is 0 Å². The molecular weight excluding hydrogens is 242 g/mol.